The van der Waals surface area contributed by atoms with Crippen molar-refractivity contribution in [1.82, 2.24) is 10.2 Å². The lowest BCUT2D eigenvalue weighted by atomic mass is 9.79. The van der Waals surface area contributed by atoms with E-state index in [-0.39, 0.29) is 5.54 Å². The molecule has 1 unspecified atom stereocenters. The first kappa shape index (κ1) is 17.0. The maximum absolute atomic E-state index is 5.38. The highest BCUT2D eigenvalue weighted by molar-refractivity contribution is 5.32. The molecule has 0 aliphatic heterocycles. The number of hydrogen-bond acceptors (Lipinski definition) is 3. The predicted octanol–water partition coefficient (Wildman–Crippen LogP) is 3.47. The molecule has 3 nitrogen and oxygen atoms in total. The van der Waals surface area contributed by atoms with Gasteiger partial charge in [0.1, 0.15) is 5.75 Å². The summed E-state index contributed by atoms with van der Waals surface area (Å²) in [6.07, 6.45) is 2.21. The molecule has 0 aromatic heterocycles. The van der Waals surface area contributed by atoms with Gasteiger partial charge in [-0.05, 0) is 51.2 Å². The molecule has 1 rings (SSSR count). The molecule has 3 heteroatoms. The van der Waals surface area contributed by atoms with Crippen LogP contribution in [-0.2, 0) is 0 Å². The molecule has 0 spiro atoms. The van der Waals surface area contributed by atoms with Gasteiger partial charge in [-0.25, -0.2) is 0 Å². The van der Waals surface area contributed by atoms with Crippen molar-refractivity contribution >= 4 is 0 Å². The lowest BCUT2D eigenvalue weighted by Crippen LogP contribution is -2.53. The Labute approximate surface area is 124 Å². The zero-order valence-electron chi connectivity index (χ0n) is 13.9. The van der Waals surface area contributed by atoms with Crippen LogP contribution in [-0.4, -0.2) is 38.2 Å². The number of ether oxygens (including phenoxy) is 1. The lowest BCUT2D eigenvalue weighted by Gasteiger charge is -2.45. The number of methoxy groups -OCH3 is 1. The Kier molecular flexibility index (Phi) is 6.50. The fourth-order valence-electron chi connectivity index (χ4n) is 3.19. The van der Waals surface area contributed by atoms with Gasteiger partial charge in [-0.2, -0.15) is 0 Å². The molecule has 1 atom stereocenters. The van der Waals surface area contributed by atoms with Crippen molar-refractivity contribution < 1.29 is 4.74 Å². The standard InChI is InChI=1S/C17H30N2O/c1-7-17(8-2,19(4)5)16(18-9-3)14-11-10-12-15(13-14)20-6/h10-13,16,18H,7-9H2,1-6H3. The van der Waals surface area contributed by atoms with Gasteiger partial charge in [0.25, 0.3) is 0 Å². The van der Waals surface area contributed by atoms with E-state index < -0.39 is 0 Å². The van der Waals surface area contributed by atoms with E-state index in [0.717, 1.165) is 25.1 Å². The first-order valence-corrected chi connectivity index (χ1v) is 7.60. The smallest absolute Gasteiger partial charge is 0.119 e. The van der Waals surface area contributed by atoms with E-state index in [1.54, 1.807) is 7.11 Å². The molecule has 0 saturated heterocycles. The lowest BCUT2D eigenvalue weighted by molar-refractivity contribution is 0.0888. The summed E-state index contributed by atoms with van der Waals surface area (Å²) in [5, 5.41) is 3.68. The van der Waals surface area contributed by atoms with Gasteiger partial charge in [-0.15, -0.1) is 0 Å². The average molecular weight is 278 g/mol. The van der Waals surface area contributed by atoms with Gasteiger partial charge in [0.2, 0.25) is 0 Å². The quantitative estimate of drug-likeness (QED) is 0.788. The van der Waals surface area contributed by atoms with Crippen LogP contribution in [0.4, 0.5) is 0 Å². The van der Waals surface area contributed by atoms with Crippen molar-refractivity contribution in [2.24, 2.45) is 0 Å². The van der Waals surface area contributed by atoms with Gasteiger partial charge >= 0.3 is 0 Å². The molecule has 0 amide bonds. The van der Waals surface area contributed by atoms with Crippen molar-refractivity contribution in [2.75, 3.05) is 27.7 Å². The maximum Gasteiger partial charge on any atom is 0.119 e. The summed E-state index contributed by atoms with van der Waals surface area (Å²) in [5.41, 5.74) is 1.41. The number of rotatable bonds is 8. The van der Waals surface area contributed by atoms with Gasteiger partial charge in [-0.1, -0.05) is 32.9 Å². The van der Waals surface area contributed by atoms with Crippen LogP contribution in [0.15, 0.2) is 24.3 Å². The summed E-state index contributed by atoms with van der Waals surface area (Å²) in [6.45, 7) is 7.67. The van der Waals surface area contributed by atoms with E-state index in [2.05, 4.69) is 63.3 Å². The summed E-state index contributed by atoms with van der Waals surface area (Å²) < 4.78 is 5.38. The maximum atomic E-state index is 5.38. The van der Waals surface area contributed by atoms with Crippen LogP contribution in [0.5, 0.6) is 5.75 Å². The normalized spacial score (nSPS) is 13.6. The van der Waals surface area contributed by atoms with Gasteiger partial charge < -0.3 is 15.0 Å². The van der Waals surface area contributed by atoms with Crippen molar-refractivity contribution in [3.8, 4) is 5.75 Å². The Morgan fingerprint density at radius 3 is 2.30 bits per heavy atom. The predicted molar refractivity (Wildman–Crippen MR) is 86.4 cm³/mol. The summed E-state index contributed by atoms with van der Waals surface area (Å²) >= 11 is 0. The number of nitrogens with zero attached hydrogens (tertiary/aromatic N) is 1. The number of hydrogen-bond donors (Lipinski definition) is 1. The molecule has 1 N–H and O–H groups in total. The largest absolute Gasteiger partial charge is 0.497 e. The number of likely N-dealkylation sites (N-methyl/N-ethyl adjacent to an activating group) is 2. The summed E-state index contributed by atoms with van der Waals surface area (Å²) in [4.78, 5) is 2.36. The first-order chi connectivity index (χ1) is 9.55. The third-order valence-corrected chi connectivity index (χ3v) is 4.49. The second-order valence-corrected chi connectivity index (χ2v) is 5.47. The molecule has 0 radical (unpaired) electrons. The second-order valence-electron chi connectivity index (χ2n) is 5.47. The minimum Gasteiger partial charge on any atom is -0.497 e. The second kappa shape index (κ2) is 7.65. The minimum atomic E-state index is 0.113. The number of benzene rings is 1. The van der Waals surface area contributed by atoms with Gasteiger partial charge in [0.05, 0.1) is 13.2 Å². The molecule has 0 aliphatic rings. The fraction of sp³-hybridized carbons (Fsp3) is 0.647. The SMILES string of the molecule is CCNC(c1cccc(OC)c1)C(CC)(CC)N(C)C. The van der Waals surface area contributed by atoms with Crippen LogP contribution in [0.2, 0.25) is 0 Å². The van der Waals surface area contributed by atoms with Gasteiger partial charge in [0, 0.05) is 5.54 Å². The van der Waals surface area contributed by atoms with Crippen molar-refractivity contribution in [1.29, 1.82) is 0 Å². The van der Waals surface area contributed by atoms with E-state index in [1.165, 1.54) is 5.56 Å². The molecule has 0 aliphatic carbocycles. The highest BCUT2D eigenvalue weighted by Gasteiger charge is 2.38. The fourth-order valence-corrected chi connectivity index (χ4v) is 3.19. The molecule has 114 valence electrons. The van der Waals surface area contributed by atoms with Gasteiger partial charge in [0.15, 0.2) is 0 Å². The zero-order valence-corrected chi connectivity index (χ0v) is 13.9. The first-order valence-electron chi connectivity index (χ1n) is 7.60. The Morgan fingerprint density at radius 1 is 1.20 bits per heavy atom. The average Bonchev–Trinajstić information content (AvgIpc) is 2.47. The van der Waals surface area contributed by atoms with E-state index >= 15 is 0 Å². The van der Waals surface area contributed by atoms with Gasteiger partial charge in [-0.3, -0.25) is 0 Å². The highest BCUT2D eigenvalue weighted by atomic mass is 16.5. The summed E-state index contributed by atoms with van der Waals surface area (Å²) in [6, 6.07) is 8.72. The molecular formula is C17H30N2O. The Bertz CT molecular complexity index is 400. The molecule has 20 heavy (non-hydrogen) atoms. The zero-order chi connectivity index (χ0) is 15.2. The van der Waals surface area contributed by atoms with E-state index in [4.69, 9.17) is 4.74 Å². The Balaban J connectivity index is 3.26. The van der Waals surface area contributed by atoms with Crippen molar-refractivity contribution in [3.05, 3.63) is 29.8 Å². The minimum absolute atomic E-state index is 0.113. The third kappa shape index (κ3) is 3.33. The molecule has 0 bridgehead atoms. The van der Waals surface area contributed by atoms with E-state index in [1.807, 2.05) is 6.07 Å². The van der Waals surface area contributed by atoms with E-state index in [0.29, 0.717) is 6.04 Å². The topological polar surface area (TPSA) is 24.5 Å². The highest BCUT2D eigenvalue weighted by Crippen LogP contribution is 2.36. The van der Waals surface area contributed by atoms with E-state index in [9.17, 15) is 0 Å². The van der Waals surface area contributed by atoms with Crippen LogP contribution >= 0.6 is 0 Å². The number of nitrogens with one attached hydrogen (secondary N) is 1. The summed E-state index contributed by atoms with van der Waals surface area (Å²) in [5.74, 6) is 0.922. The molecule has 1 aromatic rings. The molecule has 1 aromatic carbocycles. The molecule has 0 fully saturated rings. The van der Waals surface area contributed by atoms with Crippen LogP contribution in [0.3, 0.4) is 0 Å². The summed E-state index contributed by atoms with van der Waals surface area (Å²) in [7, 11) is 6.08. The Morgan fingerprint density at radius 2 is 1.85 bits per heavy atom. The molecule has 0 saturated carbocycles. The Hall–Kier alpha value is -1.06. The monoisotopic (exact) mass is 278 g/mol. The van der Waals surface area contributed by atoms with Crippen LogP contribution in [0.25, 0.3) is 0 Å². The van der Waals surface area contributed by atoms with Crippen LogP contribution in [0, 0.1) is 0 Å². The van der Waals surface area contributed by atoms with Crippen LogP contribution in [0.1, 0.15) is 45.2 Å². The molecular weight excluding hydrogens is 248 g/mol. The van der Waals surface area contributed by atoms with Crippen molar-refractivity contribution in [3.63, 3.8) is 0 Å². The van der Waals surface area contributed by atoms with Crippen LogP contribution < -0.4 is 10.1 Å². The third-order valence-electron chi connectivity index (χ3n) is 4.49. The van der Waals surface area contributed by atoms with Crippen molar-refractivity contribution in [2.45, 2.75) is 45.2 Å². The molecule has 0 heterocycles.